The van der Waals surface area contributed by atoms with Gasteiger partial charge in [0.15, 0.2) is 4.34 Å². The molecule has 5 aromatic rings. The number of amides is 1. The predicted molar refractivity (Wildman–Crippen MR) is 174 cm³/mol. The number of aromatic nitrogens is 2. The Labute approximate surface area is 272 Å². The van der Waals surface area contributed by atoms with Crippen LogP contribution in [-0.4, -0.2) is 27.0 Å². The van der Waals surface area contributed by atoms with Crippen molar-refractivity contribution >= 4 is 57.3 Å². The van der Waals surface area contributed by atoms with E-state index in [2.05, 4.69) is 10.2 Å². The molecule has 226 valence electrons. The fourth-order valence-corrected chi connectivity index (χ4v) is 6.82. The second kappa shape index (κ2) is 13.2. The van der Waals surface area contributed by atoms with Crippen LogP contribution in [0.4, 0.5) is 9.52 Å². The minimum absolute atomic E-state index is 0.134. The lowest BCUT2D eigenvalue weighted by atomic mass is 9.95. The SMILES string of the molecule is Cc1ccccc1COc1ccc(/C(O)=C2\C(=O)C(=O)N(c3nnc(SCc4ccc(Cl)cc4)s3)C2c2ccc(F)cc2)cc1. The van der Waals surface area contributed by atoms with Crippen LogP contribution in [0.3, 0.4) is 0 Å². The number of benzene rings is 4. The van der Waals surface area contributed by atoms with Crippen LogP contribution in [0.5, 0.6) is 5.75 Å². The molecule has 1 saturated heterocycles. The van der Waals surface area contributed by atoms with E-state index >= 15 is 0 Å². The van der Waals surface area contributed by atoms with E-state index in [1.807, 2.05) is 43.3 Å². The summed E-state index contributed by atoms with van der Waals surface area (Å²) in [6.07, 6.45) is 0. The van der Waals surface area contributed by atoms with E-state index in [4.69, 9.17) is 16.3 Å². The maximum absolute atomic E-state index is 13.9. The van der Waals surface area contributed by atoms with Crippen LogP contribution in [0.15, 0.2) is 107 Å². The molecule has 1 amide bonds. The quantitative estimate of drug-likeness (QED) is 0.0562. The van der Waals surface area contributed by atoms with Crippen molar-refractivity contribution in [2.24, 2.45) is 0 Å². The van der Waals surface area contributed by atoms with E-state index in [-0.39, 0.29) is 16.5 Å². The maximum atomic E-state index is 13.9. The van der Waals surface area contributed by atoms with E-state index in [1.54, 1.807) is 36.4 Å². The Morgan fingerprint density at radius 3 is 2.40 bits per heavy atom. The van der Waals surface area contributed by atoms with Gasteiger partial charge in [-0.2, -0.15) is 0 Å². The zero-order valence-electron chi connectivity index (χ0n) is 23.8. The van der Waals surface area contributed by atoms with E-state index in [9.17, 15) is 19.1 Å². The molecule has 6 rings (SSSR count). The van der Waals surface area contributed by atoms with E-state index in [0.717, 1.165) is 28.0 Å². The molecule has 0 aliphatic carbocycles. The first-order valence-electron chi connectivity index (χ1n) is 13.8. The third-order valence-electron chi connectivity index (χ3n) is 7.29. The van der Waals surface area contributed by atoms with Crippen molar-refractivity contribution in [2.75, 3.05) is 4.90 Å². The Hall–Kier alpha value is -4.51. The molecule has 1 fully saturated rings. The number of Topliss-reactive ketones (excluding diaryl/α,β-unsaturated/α-hetero) is 1. The Morgan fingerprint density at radius 2 is 1.69 bits per heavy atom. The first-order valence-corrected chi connectivity index (χ1v) is 16.0. The topological polar surface area (TPSA) is 92.6 Å². The molecule has 1 aliphatic heterocycles. The largest absolute Gasteiger partial charge is 0.507 e. The van der Waals surface area contributed by atoms with Crippen LogP contribution in [0, 0.1) is 12.7 Å². The predicted octanol–water partition coefficient (Wildman–Crippen LogP) is 8.14. The number of carbonyl (C=O) groups is 2. The van der Waals surface area contributed by atoms with Crippen LogP contribution in [0.1, 0.15) is 33.9 Å². The third-order valence-corrected chi connectivity index (χ3v) is 9.67. The highest BCUT2D eigenvalue weighted by atomic mass is 35.5. The molecule has 1 aromatic heterocycles. The maximum Gasteiger partial charge on any atom is 0.301 e. The highest BCUT2D eigenvalue weighted by molar-refractivity contribution is 8.00. The van der Waals surface area contributed by atoms with Gasteiger partial charge >= 0.3 is 5.91 Å². The van der Waals surface area contributed by atoms with Gasteiger partial charge in [0.1, 0.15) is 23.9 Å². The summed E-state index contributed by atoms with van der Waals surface area (Å²) in [6, 6.07) is 26.3. The van der Waals surface area contributed by atoms with Gasteiger partial charge in [0.25, 0.3) is 5.78 Å². The number of rotatable bonds is 9. The van der Waals surface area contributed by atoms with E-state index in [0.29, 0.717) is 38.6 Å². The van der Waals surface area contributed by atoms with Gasteiger partial charge in [-0.25, -0.2) is 4.39 Å². The molecule has 1 unspecified atom stereocenters. The molecule has 0 saturated carbocycles. The number of nitrogens with zero attached hydrogens (tertiary/aromatic N) is 3. The van der Waals surface area contributed by atoms with E-state index < -0.39 is 23.5 Å². The molecule has 0 bridgehead atoms. The Morgan fingerprint density at radius 1 is 0.978 bits per heavy atom. The molecule has 1 atom stereocenters. The van der Waals surface area contributed by atoms with Crippen LogP contribution >= 0.6 is 34.7 Å². The number of aliphatic hydroxyl groups is 1. The summed E-state index contributed by atoms with van der Waals surface area (Å²) >= 11 is 8.55. The zero-order chi connectivity index (χ0) is 31.5. The molecular weight excluding hydrogens is 633 g/mol. The Bertz CT molecular complexity index is 1890. The minimum Gasteiger partial charge on any atom is -0.507 e. The van der Waals surface area contributed by atoms with Crippen molar-refractivity contribution in [3.63, 3.8) is 0 Å². The summed E-state index contributed by atoms with van der Waals surface area (Å²) in [6.45, 7) is 2.38. The molecule has 7 nitrogen and oxygen atoms in total. The summed E-state index contributed by atoms with van der Waals surface area (Å²) in [5, 5.41) is 20.7. The van der Waals surface area contributed by atoms with Gasteiger partial charge in [0.05, 0.1) is 11.6 Å². The summed E-state index contributed by atoms with van der Waals surface area (Å²) in [5.41, 5.74) is 3.80. The summed E-state index contributed by atoms with van der Waals surface area (Å²) in [4.78, 5) is 28.2. The normalized spacial score (nSPS) is 15.9. The molecule has 11 heteroatoms. The number of halogens is 2. The average molecular weight is 658 g/mol. The molecule has 0 radical (unpaired) electrons. The van der Waals surface area contributed by atoms with Gasteiger partial charge in [-0.3, -0.25) is 14.5 Å². The number of ether oxygens (including phenoxy) is 1. The number of anilines is 1. The monoisotopic (exact) mass is 657 g/mol. The van der Waals surface area contributed by atoms with Crippen molar-refractivity contribution in [3.8, 4) is 5.75 Å². The molecule has 45 heavy (non-hydrogen) atoms. The fraction of sp³-hybridized carbons (Fsp3) is 0.118. The van der Waals surface area contributed by atoms with Crippen molar-refractivity contribution < 1.29 is 23.8 Å². The van der Waals surface area contributed by atoms with Gasteiger partial charge in [-0.05, 0) is 77.7 Å². The number of carbonyl (C=O) groups excluding carboxylic acids is 2. The number of hydrogen-bond donors (Lipinski definition) is 1. The van der Waals surface area contributed by atoms with Gasteiger partial charge in [0.2, 0.25) is 5.13 Å². The first kappa shape index (κ1) is 30.5. The van der Waals surface area contributed by atoms with Gasteiger partial charge in [-0.15, -0.1) is 10.2 Å². The Balaban J connectivity index is 1.29. The number of thioether (sulfide) groups is 1. The third kappa shape index (κ3) is 6.63. The second-order valence-electron chi connectivity index (χ2n) is 10.2. The summed E-state index contributed by atoms with van der Waals surface area (Å²) in [5.74, 6) is -1.42. The standard InChI is InChI=1S/C34H25ClFN3O4S2/c1-20-4-2-3-5-24(20)18-43-27-16-10-23(11-17-27)30(40)28-29(22-8-14-26(36)15-9-22)39(32(42)31(28)41)33-37-38-34(45-33)44-19-21-6-12-25(35)13-7-21/h2-17,29,40H,18-19H2,1H3/b30-28+. The van der Waals surface area contributed by atoms with Gasteiger partial charge < -0.3 is 9.84 Å². The van der Waals surface area contributed by atoms with E-state index in [1.165, 1.54) is 40.9 Å². The number of hydrogen-bond acceptors (Lipinski definition) is 8. The molecule has 0 spiro atoms. The second-order valence-corrected chi connectivity index (χ2v) is 12.8. The highest BCUT2D eigenvalue weighted by Crippen LogP contribution is 2.44. The summed E-state index contributed by atoms with van der Waals surface area (Å²) in [7, 11) is 0. The molecule has 4 aromatic carbocycles. The highest BCUT2D eigenvalue weighted by Gasteiger charge is 2.48. The molecular formula is C34H25ClFN3O4S2. The van der Waals surface area contributed by atoms with Crippen molar-refractivity contribution in [1.29, 1.82) is 0 Å². The van der Waals surface area contributed by atoms with Crippen LogP contribution in [0.25, 0.3) is 5.76 Å². The lowest BCUT2D eigenvalue weighted by Gasteiger charge is -2.22. The van der Waals surface area contributed by atoms with Gasteiger partial charge in [0, 0.05) is 16.3 Å². The van der Waals surface area contributed by atoms with Crippen molar-refractivity contribution in [1.82, 2.24) is 10.2 Å². The number of ketones is 1. The molecule has 2 heterocycles. The van der Waals surface area contributed by atoms with Crippen LogP contribution in [-0.2, 0) is 21.9 Å². The molecule has 1 N–H and O–H groups in total. The van der Waals surface area contributed by atoms with Gasteiger partial charge in [-0.1, -0.05) is 83.2 Å². The zero-order valence-corrected chi connectivity index (χ0v) is 26.2. The minimum atomic E-state index is -1.05. The van der Waals surface area contributed by atoms with Crippen molar-refractivity contribution in [3.05, 3.63) is 141 Å². The summed E-state index contributed by atoms with van der Waals surface area (Å²) < 4.78 is 20.4. The molecule has 1 aliphatic rings. The van der Waals surface area contributed by atoms with Crippen LogP contribution < -0.4 is 9.64 Å². The smallest absolute Gasteiger partial charge is 0.301 e. The first-order chi connectivity index (χ1) is 21.8. The average Bonchev–Trinajstić information content (AvgIpc) is 3.62. The lowest BCUT2D eigenvalue weighted by molar-refractivity contribution is -0.132. The lowest BCUT2D eigenvalue weighted by Crippen LogP contribution is -2.29. The number of aryl methyl sites for hydroxylation is 1. The Kier molecular flexibility index (Phi) is 8.97. The number of aliphatic hydroxyl groups excluding tert-OH is 1. The van der Waals surface area contributed by atoms with Crippen molar-refractivity contribution in [2.45, 2.75) is 29.7 Å². The fourth-order valence-electron chi connectivity index (χ4n) is 4.87. The van der Waals surface area contributed by atoms with Crippen LogP contribution in [0.2, 0.25) is 5.02 Å².